The van der Waals surface area contributed by atoms with E-state index in [2.05, 4.69) is 26.1 Å². The average Bonchev–Trinajstić information content (AvgIpc) is 2.85. The highest BCUT2D eigenvalue weighted by molar-refractivity contribution is 9.10. The first-order chi connectivity index (χ1) is 9.10. The Morgan fingerprint density at radius 1 is 1.47 bits per heavy atom. The molecule has 0 aliphatic carbocycles. The second-order valence-corrected chi connectivity index (χ2v) is 5.13. The molecule has 0 saturated heterocycles. The fourth-order valence-electron chi connectivity index (χ4n) is 1.64. The Morgan fingerprint density at radius 2 is 2.26 bits per heavy atom. The molecule has 1 atom stereocenters. The summed E-state index contributed by atoms with van der Waals surface area (Å²) >= 11 is 3.42. The molecule has 1 aromatic heterocycles. The summed E-state index contributed by atoms with van der Waals surface area (Å²) in [7, 11) is 0. The van der Waals surface area contributed by atoms with Crippen LogP contribution in [0.5, 0.6) is 5.75 Å². The van der Waals surface area contributed by atoms with Crippen molar-refractivity contribution in [2.45, 2.75) is 32.9 Å². The highest BCUT2D eigenvalue weighted by atomic mass is 79.9. The van der Waals surface area contributed by atoms with Crippen molar-refractivity contribution in [2.24, 2.45) is 5.73 Å². The molecular formula is C13H16BrN3O2. The number of nitrogens with two attached hydrogens (primary N) is 1. The molecule has 1 aromatic carbocycles. The van der Waals surface area contributed by atoms with Gasteiger partial charge in [-0.05, 0) is 25.1 Å². The summed E-state index contributed by atoms with van der Waals surface area (Å²) in [5.41, 5.74) is 6.86. The number of hydrogen-bond acceptors (Lipinski definition) is 5. The molecule has 2 aromatic rings. The molecule has 0 bridgehead atoms. The third-order valence-electron chi connectivity index (χ3n) is 2.64. The topological polar surface area (TPSA) is 74.2 Å². The van der Waals surface area contributed by atoms with Gasteiger partial charge in [0, 0.05) is 22.5 Å². The first-order valence-corrected chi connectivity index (χ1v) is 6.88. The molecule has 0 radical (unpaired) electrons. The van der Waals surface area contributed by atoms with Crippen molar-refractivity contribution >= 4 is 15.9 Å². The van der Waals surface area contributed by atoms with Gasteiger partial charge in [-0.25, -0.2) is 0 Å². The average molecular weight is 326 g/mol. The normalized spacial score (nSPS) is 12.4. The van der Waals surface area contributed by atoms with Crippen LogP contribution < -0.4 is 10.5 Å². The lowest BCUT2D eigenvalue weighted by atomic mass is 10.1. The predicted molar refractivity (Wildman–Crippen MR) is 74.8 cm³/mol. The van der Waals surface area contributed by atoms with Gasteiger partial charge in [-0.2, -0.15) is 4.98 Å². The van der Waals surface area contributed by atoms with Gasteiger partial charge in [0.25, 0.3) is 5.89 Å². The van der Waals surface area contributed by atoms with Crippen LogP contribution in [0.3, 0.4) is 0 Å². The van der Waals surface area contributed by atoms with Gasteiger partial charge in [-0.15, -0.1) is 0 Å². The highest BCUT2D eigenvalue weighted by Gasteiger charge is 2.11. The Labute approximate surface area is 120 Å². The lowest BCUT2D eigenvalue weighted by Gasteiger charge is -2.13. The maximum absolute atomic E-state index is 5.93. The number of nitrogens with zero attached hydrogens (tertiary/aromatic N) is 2. The van der Waals surface area contributed by atoms with Crippen LogP contribution in [0, 0.1) is 0 Å². The predicted octanol–water partition coefficient (Wildman–Crippen LogP) is 2.99. The Balaban J connectivity index is 2.10. The van der Waals surface area contributed by atoms with Crippen molar-refractivity contribution in [1.29, 1.82) is 0 Å². The summed E-state index contributed by atoms with van der Waals surface area (Å²) in [6.07, 6.45) is 0.743. The first kappa shape index (κ1) is 14.0. The van der Waals surface area contributed by atoms with Crippen LogP contribution in [0.25, 0.3) is 0 Å². The summed E-state index contributed by atoms with van der Waals surface area (Å²) in [5.74, 6) is 1.88. The molecule has 19 heavy (non-hydrogen) atoms. The summed E-state index contributed by atoms with van der Waals surface area (Å²) < 4.78 is 11.7. The standard InChI is InChI=1S/C13H16BrN3O2/c1-3-12-16-13(19-17-12)7-18-11-5-4-9(14)6-10(11)8(2)15/h4-6,8H,3,7,15H2,1-2H3/t8-/m0/s1. The first-order valence-electron chi connectivity index (χ1n) is 6.09. The Kier molecular flexibility index (Phi) is 4.55. The minimum Gasteiger partial charge on any atom is -0.483 e. The molecule has 0 spiro atoms. The largest absolute Gasteiger partial charge is 0.483 e. The molecule has 1 heterocycles. The number of halogens is 1. The number of aromatic nitrogens is 2. The smallest absolute Gasteiger partial charge is 0.264 e. The summed E-state index contributed by atoms with van der Waals surface area (Å²) in [6.45, 7) is 4.13. The van der Waals surface area contributed by atoms with Gasteiger partial charge in [0.1, 0.15) is 5.75 Å². The van der Waals surface area contributed by atoms with E-state index < -0.39 is 0 Å². The van der Waals surface area contributed by atoms with E-state index in [1.165, 1.54) is 0 Å². The number of ether oxygens (including phenoxy) is 1. The van der Waals surface area contributed by atoms with Crippen LogP contribution in [0.4, 0.5) is 0 Å². The lowest BCUT2D eigenvalue weighted by molar-refractivity contribution is 0.240. The zero-order valence-electron chi connectivity index (χ0n) is 10.9. The van der Waals surface area contributed by atoms with E-state index in [0.29, 0.717) is 11.7 Å². The SMILES string of the molecule is CCc1noc(COc2ccc(Br)cc2[C@H](C)N)n1. The van der Waals surface area contributed by atoms with E-state index in [0.717, 1.165) is 22.2 Å². The fraction of sp³-hybridized carbons (Fsp3) is 0.385. The van der Waals surface area contributed by atoms with E-state index in [-0.39, 0.29) is 12.6 Å². The highest BCUT2D eigenvalue weighted by Crippen LogP contribution is 2.28. The van der Waals surface area contributed by atoms with Crippen LogP contribution in [0.1, 0.15) is 37.2 Å². The number of rotatable bonds is 5. The maximum Gasteiger partial charge on any atom is 0.264 e. The van der Waals surface area contributed by atoms with Crippen molar-refractivity contribution in [3.63, 3.8) is 0 Å². The van der Waals surface area contributed by atoms with Crippen LogP contribution in [-0.2, 0) is 13.0 Å². The zero-order chi connectivity index (χ0) is 13.8. The molecular weight excluding hydrogens is 310 g/mol. The van der Waals surface area contributed by atoms with Gasteiger partial charge in [-0.3, -0.25) is 0 Å². The minimum atomic E-state index is -0.110. The van der Waals surface area contributed by atoms with Crippen molar-refractivity contribution < 1.29 is 9.26 Å². The third-order valence-corrected chi connectivity index (χ3v) is 3.13. The van der Waals surface area contributed by atoms with E-state index >= 15 is 0 Å². The molecule has 2 rings (SSSR count). The van der Waals surface area contributed by atoms with Gasteiger partial charge in [0.15, 0.2) is 12.4 Å². The summed E-state index contributed by atoms with van der Waals surface area (Å²) in [6, 6.07) is 5.62. The van der Waals surface area contributed by atoms with Crippen molar-refractivity contribution in [1.82, 2.24) is 10.1 Å². The summed E-state index contributed by atoms with van der Waals surface area (Å²) in [4.78, 5) is 4.19. The minimum absolute atomic E-state index is 0.110. The molecule has 0 amide bonds. The monoisotopic (exact) mass is 325 g/mol. The molecule has 0 saturated carbocycles. The molecule has 0 unspecified atom stereocenters. The van der Waals surface area contributed by atoms with Gasteiger partial charge < -0.3 is 15.0 Å². The molecule has 0 aliphatic rings. The number of hydrogen-bond donors (Lipinski definition) is 1. The Morgan fingerprint density at radius 3 is 2.89 bits per heavy atom. The van der Waals surface area contributed by atoms with Crippen LogP contribution >= 0.6 is 15.9 Å². The molecule has 0 fully saturated rings. The molecule has 102 valence electrons. The van der Waals surface area contributed by atoms with Crippen molar-refractivity contribution in [2.75, 3.05) is 0 Å². The molecule has 0 aliphatic heterocycles. The van der Waals surface area contributed by atoms with Gasteiger partial charge in [-0.1, -0.05) is 28.0 Å². The van der Waals surface area contributed by atoms with Crippen LogP contribution in [-0.4, -0.2) is 10.1 Å². The zero-order valence-corrected chi connectivity index (χ0v) is 12.5. The number of benzene rings is 1. The van der Waals surface area contributed by atoms with E-state index in [9.17, 15) is 0 Å². The second kappa shape index (κ2) is 6.16. The summed E-state index contributed by atoms with van der Waals surface area (Å²) in [5, 5.41) is 3.82. The van der Waals surface area contributed by atoms with Gasteiger partial charge in [0.2, 0.25) is 0 Å². The van der Waals surface area contributed by atoms with Crippen LogP contribution in [0.2, 0.25) is 0 Å². The molecule has 6 heteroatoms. The van der Waals surface area contributed by atoms with Gasteiger partial charge in [0.05, 0.1) is 0 Å². The molecule has 2 N–H and O–H groups in total. The third kappa shape index (κ3) is 3.54. The van der Waals surface area contributed by atoms with Crippen molar-refractivity contribution in [3.8, 4) is 5.75 Å². The van der Waals surface area contributed by atoms with Crippen molar-refractivity contribution in [3.05, 3.63) is 40.0 Å². The lowest BCUT2D eigenvalue weighted by Crippen LogP contribution is -2.08. The molecule has 5 nitrogen and oxygen atoms in total. The van der Waals surface area contributed by atoms with E-state index in [1.807, 2.05) is 32.0 Å². The van der Waals surface area contributed by atoms with Gasteiger partial charge >= 0.3 is 0 Å². The quantitative estimate of drug-likeness (QED) is 0.914. The Bertz CT molecular complexity index is 555. The second-order valence-electron chi connectivity index (χ2n) is 4.22. The van der Waals surface area contributed by atoms with E-state index in [1.54, 1.807) is 0 Å². The fourth-order valence-corrected chi connectivity index (χ4v) is 2.02. The number of aryl methyl sites for hydroxylation is 1. The maximum atomic E-state index is 5.93. The van der Waals surface area contributed by atoms with E-state index in [4.69, 9.17) is 15.0 Å². The Hall–Kier alpha value is -1.40. The van der Waals surface area contributed by atoms with Crippen LogP contribution in [0.15, 0.2) is 27.2 Å².